The predicted octanol–water partition coefficient (Wildman–Crippen LogP) is 4.52. The smallest absolute Gasteiger partial charge is 0.349 e. The largest absolute Gasteiger partial charge is 0.481 e. The molecule has 124 valence electrons. The highest BCUT2D eigenvalue weighted by Gasteiger charge is 2.08. The van der Waals surface area contributed by atoms with Gasteiger partial charge in [0.25, 0.3) is 0 Å². The Hall–Kier alpha value is -2.80. The summed E-state index contributed by atoms with van der Waals surface area (Å²) in [5.41, 5.74) is 0.644. The van der Waals surface area contributed by atoms with Crippen molar-refractivity contribution in [2.45, 2.75) is 0 Å². The van der Waals surface area contributed by atoms with E-state index in [9.17, 15) is 4.79 Å². The first-order chi connectivity index (χ1) is 12.0. The van der Waals surface area contributed by atoms with E-state index < -0.39 is 5.97 Å². The molecular formula is C18H10BrClN2O3. The van der Waals surface area contributed by atoms with Gasteiger partial charge in [0.2, 0.25) is 0 Å². The Morgan fingerprint density at radius 1 is 1.16 bits per heavy atom. The maximum Gasteiger partial charge on any atom is 0.349 e. The Labute approximate surface area is 157 Å². The first-order valence-electron chi connectivity index (χ1n) is 6.92. The summed E-state index contributed by atoms with van der Waals surface area (Å²) in [5.74, 6) is 0.235. The molecule has 0 aliphatic carbocycles. The normalized spacial score (nSPS) is 9.44. The van der Waals surface area contributed by atoms with Gasteiger partial charge < -0.3 is 9.47 Å². The van der Waals surface area contributed by atoms with Gasteiger partial charge in [0.15, 0.2) is 6.61 Å². The maximum atomic E-state index is 11.8. The Kier molecular flexibility index (Phi) is 6.59. The molecule has 0 atom stereocenters. The van der Waals surface area contributed by atoms with Gasteiger partial charge in [-0.3, -0.25) is 0 Å². The van der Waals surface area contributed by atoms with E-state index in [-0.39, 0.29) is 12.2 Å². The van der Waals surface area contributed by atoms with E-state index in [2.05, 4.69) is 15.9 Å². The molecular weight excluding hydrogens is 408 g/mol. The Morgan fingerprint density at radius 2 is 1.84 bits per heavy atom. The number of allylic oxidation sites excluding steroid dienone is 1. The molecule has 25 heavy (non-hydrogen) atoms. The Morgan fingerprint density at radius 3 is 2.44 bits per heavy atom. The van der Waals surface area contributed by atoms with Crippen LogP contribution in [-0.4, -0.2) is 12.6 Å². The number of ether oxygens (including phenoxy) is 2. The Bertz CT molecular complexity index is 880. The van der Waals surface area contributed by atoms with Crippen molar-refractivity contribution < 1.29 is 14.3 Å². The number of carbonyl (C=O) groups excluding carboxylic acids is 1. The average Bonchev–Trinajstić information content (AvgIpc) is 2.60. The molecule has 0 N–H and O–H groups in total. The number of halogens is 2. The van der Waals surface area contributed by atoms with Crippen LogP contribution in [-0.2, 0) is 4.79 Å². The van der Waals surface area contributed by atoms with Crippen LogP contribution in [0.3, 0.4) is 0 Å². The first kappa shape index (κ1) is 18.5. The molecule has 0 saturated carbocycles. The van der Waals surface area contributed by atoms with Crippen molar-refractivity contribution in [2.24, 2.45) is 0 Å². The lowest BCUT2D eigenvalue weighted by Crippen LogP contribution is -2.17. The second-order valence-corrected chi connectivity index (χ2v) is 5.98. The molecule has 0 radical (unpaired) electrons. The van der Waals surface area contributed by atoms with Crippen LogP contribution in [0.1, 0.15) is 5.56 Å². The molecule has 0 bridgehead atoms. The standard InChI is InChI=1S/C18H10BrClN2O3/c19-16-8-14(20)3-6-17(16)24-11-18(23)25-15-4-1-12(2-5-15)7-13(9-21)10-22/h1-8H,11H2. The minimum atomic E-state index is -0.570. The molecule has 2 aromatic carbocycles. The number of esters is 1. The molecule has 0 amide bonds. The van der Waals surface area contributed by atoms with Crippen LogP contribution in [0, 0.1) is 22.7 Å². The SMILES string of the molecule is N#CC(C#N)=Cc1ccc(OC(=O)COc2ccc(Cl)cc2Br)cc1. The van der Waals surface area contributed by atoms with Crippen LogP contribution >= 0.6 is 27.5 Å². The third-order valence-electron chi connectivity index (χ3n) is 2.90. The molecule has 0 aromatic heterocycles. The van der Waals surface area contributed by atoms with E-state index in [1.165, 1.54) is 6.08 Å². The van der Waals surface area contributed by atoms with Gasteiger partial charge in [-0.1, -0.05) is 23.7 Å². The zero-order valence-electron chi connectivity index (χ0n) is 12.7. The number of rotatable bonds is 5. The highest BCUT2D eigenvalue weighted by Crippen LogP contribution is 2.28. The van der Waals surface area contributed by atoms with Crippen molar-refractivity contribution in [3.8, 4) is 23.6 Å². The second-order valence-electron chi connectivity index (χ2n) is 4.69. The molecule has 0 fully saturated rings. The molecule has 5 nitrogen and oxygen atoms in total. The van der Waals surface area contributed by atoms with Gasteiger partial charge in [-0.15, -0.1) is 0 Å². The number of hydrogen-bond acceptors (Lipinski definition) is 5. The highest BCUT2D eigenvalue weighted by molar-refractivity contribution is 9.10. The summed E-state index contributed by atoms with van der Waals surface area (Å²) >= 11 is 9.12. The summed E-state index contributed by atoms with van der Waals surface area (Å²) in [6.07, 6.45) is 1.44. The number of hydrogen-bond donors (Lipinski definition) is 0. The van der Waals surface area contributed by atoms with E-state index in [1.54, 1.807) is 54.6 Å². The lowest BCUT2D eigenvalue weighted by Gasteiger charge is -2.08. The quantitative estimate of drug-likeness (QED) is 0.406. The van der Waals surface area contributed by atoms with Crippen LogP contribution in [0.2, 0.25) is 5.02 Å². The number of nitrogens with zero attached hydrogens (tertiary/aromatic N) is 2. The molecule has 0 aliphatic heterocycles. The predicted molar refractivity (Wildman–Crippen MR) is 95.9 cm³/mol. The van der Waals surface area contributed by atoms with Gasteiger partial charge in [-0.2, -0.15) is 10.5 Å². The Balaban J connectivity index is 1.94. The summed E-state index contributed by atoms with van der Waals surface area (Å²) in [5, 5.41) is 18.0. The van der Waals surface area contributed by atoms with Gasteiger partial charge in [0, 0.05) is 5.02 Å². The summed E-state index contributed by atoms with van der Waals surface area (Å²) < 4.78 is 11.2. The summed E-state index contributed by atoms with van der Waals surface area (Å²) in [6.45, 7) is -0.269. The molecule has 7 heteroatoms. The molecule has 0 spiro atoms. The third-order valence-corrected chi connectivity index (χ3v) is 3.76. The molecule has 0 saturated heterocycles. The lowest BCUT2D eigenvalue weighted by molar-refractivity contribution is -0.136. The summed E-state index contributed by atoms with van der Waals surface area (Å²) in [4.78, 5) is 11.8. The molecule has 2 rings (SSSR count). The minimum absolute atomic E-state index is 0.00770. The van der Waals surface area contributed by atoms with Crippen molar-refractivity contribution in [2.75, 3.05) is 6.61 Å². The van der Waals surface area contributed by atoms with E-state index in [0.29, 0.717) is 26.6 Å². The van der Waals surface area contributed by atoms with Gasteiger partial charge >= 0.3 is 5.97 Å². The van der Waals surface area contributed by atoms with Crippen LogP contribution in [0.15, 0.2) is 52.5 Å². The monoisotopic (exact) mass is 416 g/mol. The fourth-order valence-corrected chi connectivity index (χ4v) is 2.58. The van der Waals surface area contributed by atoms with E-state index in [1.807, 2.05) is 0 Å². The zero-order valence-corrected chi connectivity index (χ0v) is 15.0. The average molecular weight is 418 g/mol. The van der Waals surface area contributed by atoms with E-state index >= 15 is 0 Å². The fourth-order valence-electron chi connectivity index (χ4n) is 1.78. The lowest BCUT2D eigenvalue weighted by atomic mass is 10.1. The van der Waals surface area contributed by atoms with Crippen LogP contribution in [0.4, 0.5) is 0 Å². The van der Waals surface area contributed by atoms with Crippen LogP contribution < -0.4 is 9.47 Å². The van der Waals surface area contributed by atoms with Crippen molar-refractivity contribution >= 4 is 39.6 Å². The van der Waals surface area contributed by atoms with E-state index in [0.717, 1.165) is 0 Å². The number of benzene rings is 2. The topological polar surface area (TPSA) is 83.1 Å². The highest BCUT2D eigenvalue weighted by atomic mass is 79.9. The van der Waals surface area contributed by atoms with Crippen molar-refractivity contribution in [1.82, 2.24) is 0 Å². The van der Waals surface area contributed by atoms with Crippen LogP contribution in [0.25, 0.3) is 6.08 Å². The molecule has 0 heterocycles. The summed E-state index contributed by atoms with van der Waals surface area (Å²) in [6, 6.07) is 14.9. The van der Waals surface area contributed by atoms with Crippen LogP contribution in [0.5, 0.6) is 11.5 Å². The second kappa shape index (κ2) is 8.89. The van der Waals surface area contributed by atoms with Crippen molar-refractivity contribution in [3.63, 3.8) is 0 Å². The number of nitriles is 2. The first-order valence-corrected chi connectivity index (χ1v) is 8.09. The fraction of sp³-hybridized carbons (Fsp3) is 0.0556. The van der Waals surface area contributed by atoms with Gasteiger partial charge in [0.05, 0.1) is 4.47 Å². The number of carbonyl (C=O) groups is 1. The minimum Gasteiger partial charge on any atom is -0.481 e. The molecule has 0 unspecified atom stereocenters. The van der Waals surface area contributed by atoms with Gasteiger partial charge in [-0.05, 0) is 57.9 Å². The molecule has 2 aromatic rings. The van der Waals surface area contributed by atoms with Gasteiger partial charge in [0.1, 0.15) is 29.2 Å². The zero-order chi connectivity index (χ0) is 18.2. The van der Waals surface area contributed by atoms with Crippen molar-refractivity contribution in [3.05, 3.63) is 63.1 Å². The third kappa shape index (κ3) is 5.65. The van der Waals surface area contributed by atoms with Gasteiger partial charge in [-0.25, -0.2) is 4.79 Å². The van der Waals surface area contributed by atoms with Crippen molar-refractivity contribution in [1.29, 1.82) is 10.5 Å². The molecule has 0 aliphatic rings. The van der Waals surface area contributed by atoms with E-state index in [4.69, 9.17) is 31.6 Å². The maximum absolute atomic E-state index is 11.8. The summed E-state index contributed by atoms with van der Waals surface area (Å²) in [7, 11) is 0.